The lowest BCUT2D eigenvalue weighted by molar-refractivity contribution is -0.145. The van der Waals surface area contributed by atoms with Crippen LogP contribution in [-0.2, 0) is 26.3 Å². The largest absolute Gasteiger partial charge is 0.457 e. The SMILES string of the molecule is O=C(OCc1ccccc1)C1=CC[C@H](c2ccccc2Br)[C@@]12C(=O)Oc1ccccc12. The van der Waals surface area contributed by atoms with Crippen LogP contribution in [0.2, 0.25) is 0 Å². The summed E-state index contributed by atoms with van der Waals surface area (Å²) in [6, 6.07) is 24.6. The Balaban J connectivity index is 1.58. The lowest BCUT2D eigenvalue weighted by Crippen LogP contribution is -2.41. The minimum Gasteiger partial charge on any atom is -0.457 e. The standard InChI is InChI=1S/C26H19BrO4/c27-22-12-6-4-10-18(22)19-14-15-21(24(28)30-16-17-8-2-1-3-9-17)26(19)20-11-5-7-13-23(20)31-25(26)29/h1-13,15,19H,14,16H2/t19-,26+/m1/s1. The van der Waals surface area contributed by atoms with Crippen LogP contribution in [-0.4, -0.2) is 11.9 Å². The number of allylic oxidation sites excluding steroid dienone is 1. The van der Waals surface area contributed by atoms with Crippen molar-refractivity contribution >= 4 is 27.9 Å². The Hall–Kier alpha value is -3.18. The molecule has 0 aromatic heterocycles. The van der Waals surface area contributed by atoms with Crippen molar-refractivity contribution in [1.82, 2.24) is 0 Å². The minimum atomic E-state index is -1.23. The van der Waals surface area contributed by atoms with Gasteiger partial charge in [0.05, 0.1) is 5.57 Å². The molecule has 0 radical (unpaired) electrons. The molecular weight excluding hydrogens is 456 g/mol. The first kappa shape index (κ1) is 19.8. The number of carbonyl (C=O) groups is 2. The summed E-state index contributed by atoms with van der Waals surface area (Å²) in [5, 5.41) is 0. The summed E-state index contributed by atoms with van der Waals surface area (Å²) in [4.78, 5) is 26.7. The van der Waals surface area contributed by atoms with Gasteiger partial charge >= 0.3 is 11.9 Å². The number of fused-ring (bicyclic) bond motifs is 2. The van der Waals surface area contributed by atoms with Gasteiger partial charge in [-0.2, -0.15) is 0 Å². The molecule has 0 amide bonds. The summed E-state index contributed by atoms with van der Waals surface area (Å²) in [5.41, 5.74) is 1.67. The topological polar surface area (TPSA) is 52.6 Å². The zero-order valence-electron chi connectivity index (χ0n) is 16.6. The van der Waals surface area contributed by atoms with E-state index in [-0.39, 0.29) is 12.5 Å². The van der Waals surface area contributed by atoms with E-state index in [1.165, 1.54) is 0 Å². The maximum Gasteiger partial charge on any atom is 0.335 e. The Bertz CT molecular complexity index is 1200. The van der Waals surface area contributed by atoms with Crippen molar-refractivity contribution in [3.8, 4) is 5.75 Å². The Morgan fingerprint density at radius 3 is 2.52 bits per heavy atom. The number of hydrogen-bond acceptors (Lipinski definition) is 4. The normalized spacial score (nSPS) is 21.5. The molecule has 5 heteroatoms. The quantitative estimate of drug-likeness (QED) is 0.371. The number of carbonyl (C=O) groups excluding carboxylic acids is 2. The van der Waals surface area contributed by atoms with Crippen LogP contribution in [0.1, 0.15) is 29.0 Å². The smallest absolute Gasteiger partial charge is 0.335 e. The van der Waals surface area contributed by atoms with Gasteiger partial charge in [0, 0.05) is 16.0 Å². The summed E-state index contributed by atoms with van der Waals surface area (Å²) in [7, 11) is 0. The van der Waals surface area contributed by atoms with Gasteiger partial charge in [-0.1, -0.05) is 88.7 Å². The van der Waals surface area contributed by atoms with E-state index in [1.807, 2.05) is 78.9 Å². The van der Waals surface area contributed by atoms with Crippen molar-refractivity contribution in [1.29, 1.82) is 0 Å². The van der Waals surface area contributed by atoms with E-state index in [0.717, 1.165) is 15.6 Å². The average molecular weight is 475 g/mol. The molecule has 1 spiro atoms. The van der Waals surface area contributed by atoms with Crippen molar-refractivity contribution in [2.75, 3.05) is 0 Å². The molecule has 31 heavy (non-hydrogen) atoms. The van der Waals surface area contributed by atoms with Gasteiger partial charge in [0.1, 0.15) is 17.8 Å². The van der Waals surface area contributed by atoms with Crippen molar-refractivity contribution < 1.29 is 19.1 Å². The van der Waals surface area contributed by atoms with Gasteiger partial charge in [0.25, 0.3) is 0 Å². The van der Waals surface area contributed by atoms with E-state index in [0.29, 0.717) is 23.3 Å². The molecule has 3 aromatic carbocycles. The van der Waals surface area contributed by atoms with Crippen LogP contribution in [0.3, 0.4) is 0 Å². The molecule has 0 unspecified atom stereocenters. The number of para-hydroxylation sites is 1. The predicted molar refractivity (Wildman–Crippen MR) is 120 cm³/mol. The highest BCUT2D eigenvalue weighted by atomic mass is 79.9. The first-order valence-corrected chi connectivity index (χ1v) is 10.9. The van der Waals surface area contributed by atoms with E-state index < -0.39 is 17.4 Å². The molecular formula is C26H19BrO4. The van der Waals surface area contributed by atoms with Crippen LogP contribution in [0.4, 0.5) is 0 Å². The highest BCUT2D eigenvalue weighted by molar-refractivity contribution is 9.10. The maximum atomic E-state index is 13.5. The second kappa shape index (κ2) is 7.82. The molecule has 1 aliphatic heterocycles. The van der Waals surface area contributed by atoms with Crippen molar-refractivity contribution in [2.45, 2.75) is 24.4 Å². The summed E-state index contributed by atoms with van der Waals surface area (Å²) < 4.78 is 12.2. The molecule has 2 aliphatic rings. The highest BCUT2D eigenvalue weighted by Crippen LogP contribution is 2.58. The molecule has 0 N–H and O–H groups in total. The van der Waals surface area contributed by atoms with Gasteiger partial charge in [-0.3, -0.25) is 4.79 Å². The van der Waals surface area contributed by atoms with Gasteiger partial charge in [-0.15, -0.1) is 0 Å². The third-order valence-electron chi connectivity index (χ3n) is 6.06. The molecule has 5 rings (SSSR count). The molecule has 0 saturated heterocycles. The summed E-state index contributed by atoms with van der Waals surface area (Å²) >= 11 is 3.62. The minimum absolute atomic E-state index is 0.142. The maximum absolute atomic E-state index is 13.5. The van der Waals surface area contributed by atoms with Crippen LogP contribution in [0, 0.1) is 0 Å². The summed E-state index contributed by atoms with van der Waals surface area (Å²) in [5.74, 6) is -0.714. The van der Waals surface area contributed by atoms with Gasteiger partial charge in [-0.25, -0.2) is 4.79 Å². The fourth-order valence-electron chi connectivity index (χ4n) is 4.68. The number of esters is 2. The third kappa shape index (κ3) is 3.12. The highest BCUT2D eigenvalue weighted by Gasteiger charge is 2.61. The molecule has 4 nitrogen and oxygen atoms in total. The number of ether oxygens (including phenoxy) is 2. The number of benzene rings is 3. The first-order chi connectivity index (χ1) is 15.1. The van der Waals surface area contributed by atoms with Crippen LogP contribution >= 0.6 is 15.9 Å². The van der Waals surface area contributed by atoms with Crippen molar-refractivity contribution in [3.05, 3.63) is 112 Å². The molecule has 2 atom stereocenters. The lowest BCUT2D eigenvalue weighted by Gasteiger charge is -2.31. The second-order valence-corrected chi connectivity index (χ2v) is 8.54. The molecule has 3 aromatic rings. The van der Waals surface area contributed by atoms with Crippen LogP contribution < -0.4 is 4.74 Å². The van der Waals surface area contributed by atoms with Crippen LogP contribution in [0.25, 0.3) is 0 Å². The van der Waals surface area contributed by atoms with Crippen molar-refractivity contribution in [3.63, 3.8) is 0 Å². The van der Waals surface area contributed by atoms with E-state index in [1.54, 1.807) is 6.07 Å². The van der Waals surface area contributed by atoms with E-state index in [9.17, 15) is 9.59 Å². The molecule has 0 saturated carbocycles. The number of hydrogen-bond donors (Lipinski definition) is 0. The second-order valence-electron chi connectivity index (χ2n) is 7.68. The van der Waals surface area contributed by atoms with Crippen LogP contribution in [0.5, 0.6) is 5.75 Å². The third-order valence-corrected chi connectivity index (χ3v) is 6.78. The predicted octanol–water partition coefficient (Wildman–Crippen LogP) is 5.46. The Kier molecular flexibility index (Phi) is 4.98. The molecule has 1 aliphatic carbocycles. The fraction of sp³-hybridized carbons (Fsp3) is 0.154. The molecule has 1 heterocycles. The van der Waals surface area contributed by atoms with Gasteiger partial charge < -0.3 is 9.47 Å². The first-order valence-electron chi connectivity index (χ1n) is 10.1. The molecule has 154 valence electrons. The monoisotopic (exact) mass is 474 g/mol. The van der Waals surface area contributed by atoms with Gasteiger partial charge in [0.2, 0.25) is 0 Å². The number of rotatable bonds is 4. The van der Waals surface area contributed by atoms with E-state index in [2.05, 4.69) is 15.9 Å². The average Bonchev–Trinajstić information content (AvgIpc) is 3.33. The summed E-state index contributed by atoms with van der Waals surface area (Å²) in [6.45, 7) is 0.142. The molecule has 0 bridgehead atoms. The van der Waals surface area contributed by atoms with Gasteiger partial charge in [-0.05, 0) is 29.7 Å². The van der Waals surface area contributed by atoms with Crippen molar-refractivity contribution in [2.24, 2.45) is 0 Å². The summed E-state index contributed by atoms with van der Waals surface area (Å²) in [6.07, 6.45) is 2.36. The lowest BCUT2D eigenvalue weighted by atomic mass is 9.67. The van der Waals surface area contributed by atoms with E-state index >= 15 is 0 Å². The van der Waals surface area contributed by atoms with E-state index in [4.69, 9.17) is 9.47 Å². The zero-order chi connectivity index (χ0) is 21.4. The van der Waals surface area contributed by atoms with Crippen LogP contribution in [0.15, 0.2) is 95.0 Å². The zero-order valence-corrected chi connectivity index (χ0v) is 18.2. The Morgan fingerprint density at radius 1 is 1.00 bits per heavy atom. The van der Waals surface area contributed by atoms with Gasteiger partial charge in [0.15, 0.2) is 0 Å². The Labute approximate surface area is 188 Å². The Morgan fingerprint density at radius 2 is 1.71 bits per heavy atom. The number of halogens is 1. The fourth-order valence-corrected chi connectivity index (χ4v) is 5.24. The molecule has 0 fully saturated rings.